The molecular weight excluding hydrogens is 214 g/mol. The molecular formula is C13H21N3O. The maximum Gasteiger partial charge on any atom is 0.255 e. The highest BCUT2D eigenvalue weighted by Crippen LogP contribution is 2.17. The highest BCUT2D eigenvalue weighted by atomic mass is 16.2. The van der Waals surface area contributed by atoms with Gasteiger partial charge in [0.25, 0.3) is 5.91 Å². The van der Waals surface area contributed by atoms with Crippen LogP contribution in [0.15, 0.2) is 18.2 Å². The Balaban J connectivity index is 2.78. The van der Waals surface area contributed by atoms with Crippen molar-refractivity contribution in [2.24, 2.45) is 0 Å². The number of amides is 1. The molecule has 0 unspecified atom stereocenters. The van der Waals surface area contributed by atoms with E-state index in [1.165, 1.54) is 0 Å². The van der Waals surface area contributed by atoms with Crippen molar-refractivity contribution < 1.29 is 4.79 Å². The number of nitrogen functional groups attached to an aromatic ring is 1. The van der Waals surface area contributed by atoms with Crippen molar-refractivity contribution in [3.05, 3.63) is 29.3 Å². The highest BCUT2D eigenvalue weighted by molar-refractivity contribution is 5.99. The average Bonchev–Trinajstić information content (AvgIpc) is 2.28. The van der Waals surface area contributed by atoms with E-state index in [4.69, 9.17) is 5.73 Å². The molecule has 1 amide bonds. The molecule has 0 aromatic heterocycles. The molecule has 0 saturated carbocycles. The Labute approximate surface area is 103 Å². The Bertz CT molecular complexity index is 402. The number of carbonyl (C=O) groups is 1. The molecule has 0 heterocycles. The Kier molecular flexibility index (Phi) is 4.52. The normalized spacial score (nSPS) is 10.6. The van der Waals surface area contributed by atoms with Crippen LogP contribution >= 0.6 is 0 Å². The SMILES string of the molecule is Cc1cccc(C(=O)N(C)CCN(C)C)c1N. The number of para-hydroxylation sites is 1. The van der Waals surface area contributed by atoms with E-state index in [-0.39, 0.29) is 5.91 Å². The predicted octanol–water partition coefficient (Wildman–Crippen LogP) is 1.21. The van der Waals surface area contributed by atoms with E-state index in [1.807, 2.05) is 38.1 Å². The minimum atomic E-state index is -0.0203. The first-order chi connectivity index (χ1) is 7.93. The van der Waals surface area contributed by atoms with Gasteiger partial charge in [-0.2, -0.15) is 0 Å². The molecule has 0 bridgehead atoms. The molecule has 94 valence electrons. The van der Waals surface area contributed by atoms with E-state index in [0.717, 1.165) is 12.1 Å². The Hall–Kier alpha value is -1.55. The zero-order valence-electron chi connectivity index (χ0n) is 11.0. The maximum absolute atomic E-state index is 12.2. The van der Waals surface area contributed by atoms with Gasteiger partial charge in [-0.15, -0.1) is 0 Å². The van der Waals surface area contributed by atoms with E-state index < -0.39 is 0 Å². The molecule has 1 rings (SSSR count). The summed E-state index contributed by atoms with van der Waals surface area (Å²) >= 11 is 0. The molecule has 0 aliphatic heterocycles. The summed E-state index contributed by atoms with van der Waals surface area (Å²) in [6.07, 6.45) is 0. The van der Waals surface area contributed by atoms with Crippen LogP contribution in [0, 0.1) is 6.92 Å². The quantitative estimate of drug-likeness (QED) is 0.798. The molecule has 0 atom stereocenters. The number of nitrogens with two attached hydrogens (primary N) is 1. The van der Waals surface area contributed by atoms with Gasteiger partial charge in [0.05, 0.1) is 5.56 Å². The number of hydrogen-bond donors (Lipinski definition) is 1. The van der Waals surface area contributed by atoms with Crippen molar-refractivity contribution in [2.45, 2.75) is 6.92 Å². The van der Waals surface area contributed by atoms with Gasteiger partial charge < -0.3 is 15.5 Å². The predicted molar refractivity (Wildman–Crippen MR) is 71.1 cm³/mol. The summed E-state index contributed by atoms with van der Waals surface area (Å²) in [6, 6.07) is 5.54. The average molecular weight is 235 g/mol. The molecule has 17 heavy (non-hydrogen) atoms. The molecule has 4 nitrogen and oxygen atoms in total. The standard InChI is InChI=1S/C13H21N3O/c1-10-6-5-7-11(12(10)14)13(17)16(4)9-8-15(2)3/h5-7H,8-9,14H2,1-4H3. The summed E-state index contributed by atoms with van der Waals surface area (Å²) in [4.78, 5) is 15.9. The van der Waals surface area contributed by atoms with Crippen LogP contribution in [0.25, 0.3) is 0 Å². The Morgan fingerprint density at radius 3 is 2.47 bits per heavy atom. The van der Waals surface area contributed by atoms with Crippen molar-refractivity contribution in [1.82, 2.24) is 9.80 Å². The minimum absolute atomic E-state index is 0.0203. The lowest BCUT2D eigenvalue weighted by Crippen LogP contribution is -2.33. The first-order valence-corrected chi connectivity index (χ1v) is 5.68. The van der Waals surface area contributed by atoms with Crippen LogP contribution in [0.3, 0.4) is 0 Å². The summed E-state index contributed by atoms with van der Waals surface area (Å²) in [5.74, 6) is -0.0203. The van der Waals surface area contributed by atoms with Crippen LogP contribution in [0.4, 0.5) is 5.69 Å². The molecule has 0 saturated heterocycles. The number of nitrogens with zero attached hydrogens (tertiary/aromatic N) is 2. The molecule has 4 heteroatoms. The van der Waals surface area contributed by atoms with Gasteiger partial charge in [-0.3, -0.25) is 4.79 Å². The second-order valence-electron chi connectivity index (χ2n) is 4.57. The fourth-order valence-electron chi connectivity index (χ4n) is 1.52. The van der Waals surface area contributed by atoms with Gasteiger partial charge >= 0.3 is 0 Å². The van der Waals surface area contributed by atoms with Gasteiger partial charge in [0.2, 0.25) is 0 Å². The van der Waals surface area contributed by atoms with Crippen molar-refractivity contribution in [2.75, 3.05) is 40.0 Å². The fraction of sp³-hybridized carbons (Fsp3) is 0.462. The molecule has 0 aliphatic carbocycles. The topological polar surface area (TPSA) is 49.6 Å². The summed E-state index contributed by atoms with van der Waals surface area (Å²) in [7, 11) is 5.77. The van der Waals surface area contributed by atoms with Crippen molar-refractivity contribution in [3.63, 3.8) is 0 Å². The number of anilines is 1. The molecule has 2 N–H and O–H groups in total. The molecule has 0 fully saturated rings. The Morgan fingerprint density at radius 1 is 1.24 bits per heavy atom. The lowest BCUT2D eigenvalue weighted by Gasteiger charge is -2.20. The molecule has 0 radical (unpaired) electrons. The molecule has 1 aromatic carbocycles. The van der Waals surface area contributed by atoms with Gasteiger partial charge in [-0.25, -0.2) is 0 Å². The van der Waals surface area contributed by atoms with Crippen LogP contribution in [-0.4, -0.2) is 49.9 Å². The van der Waals surface area contributed by atoms with Crippen LogP contribution in [0.1, 0.15) is 15.9 Å². The van der Waals surface area contributed by atoms with Gasteiger partial charge in [0, 0.05) is 25.8 Å². The van der Waals surface area contributed by atoms with E-state index >= 15 is 0 Å². The van der Waals surface area contributed by atoms with Crippen LogP contribution in [-0.2, 0) is 0 Å². The van der Waals surface area contributed by atoms with E-state index in [9.17, 15) is 4.79 Å². The van der Waals surface area contributed by atoms with Gasteiger partial charge in [-0.1, -0.05) is 12.1 Å². The monoisotopic (exact) mass is 235 g/mol. The van der Waals surface area contributed by atoms with Crippen LogP contribution < -0.4 is 5.73 Å². The lowest BCUT2D eigenvalue weighted by atomic mass is 10.1. The molecule has 0 spiro atoms. The first-order valence-electron chi connectivity index (χ1n) is 5.68. The summed E-state index contributed by atoms with van der Waals surface area (Å²) < 4.78 is 0. The van der Waals surface area contributed by atoms with E-state index in [1.54, 1.807) is 18.0 Å². The minimum Gasteiger partial charge on any atom is -0.398 e. The van der Waals surface area contributed by atoms with E-state index in [2.05, 4.69) is 0 Å². The number of aryl methyl sites for hydroxylation is 1. The maximum atomic E-state index is 12.2. The third-order valence-electron chi connectivity index (χ3n) is 2.78. The zero-order valence-corrected chi connectivity index (χ0v) is 11.0. The van der Waals surface area contributed by atoms with Crippen molar-refractivity contribution in [1.29, 1.82) is 0 Å². The third kappa shape index (κ3) is 3.46. The summed E-state index contributed by atoms with van der Waals surface area (Å²) in [5.41, 5.74) is 8.03. The summed E-state index contributed by atoms with van der Waals surface area (Å²) in [6.45, 7) is 3.44. The number of carbonyl (C=O) groups excluding carboxylic acids is 1. The van der Waals surface area contributed by atoms with Crippen molar-refractivity contribution >= 4 is 11.6 Å². The molecule has 1 aromatic rings. The molecule has 0 aliphatic rings. The second kappa shape index (κ2) is 5.68. The largest absolute Gasteiger partial charge is 0.398 e. The zero-order chi connectivity index (χ0) is 13.0. The van der Waals surface area contributed by atoms with E-state index in [0.29, 0.717) is 17.8 Å². The second-order valence-corrected chi connectivity index (χ2v) is 4.57. The third-order valence-corrected chi connectivity index (χ3v) is 2.78. The lowest BCUT2D eigenvalue weighted by molar-refractivity contribution is 0.0787. The highest BCUT2D eigenvalue weighted by Gasteiger charge is 2.15. The van der Waals surface area contributed by atoms with Gasteiger partial charge in [0.15, 0.2) is 0 Å². The van der Waals surface area contributed by atoms with Gasteiger partial charge in [0.1, 0.15) is 0 Å². The number of likely N-dealkylation sites (N-methyl/N-ethyl adjacent to an activating group) is 2. The number of benzene rings is 1. The summed E-state index contributed by atoms with van der Waals surface area (Å²) in [5, 5.41) is 0. The van der Waals surface area contributed by atoms with Gasteiger partial charge in [-0.05, 0) is 32.6 Å². The first kappa shape index (κ1) is 13.5. The fourth-order valence-corrected chi connectivity index (χ4v) is 1.52. The van der Waals surface area contributed by atoms with Crippen LogP contribution in [0.5, 0.6) is 0 Å². The van der Waals surface area contributed by atoms with Crippen LogP contribution in [0.2, 0.25) is 0 Å². The number of hydrogen-bond acceptors (Lipinski definition) is 3. The van der Waals surface area contributed by atoms with Crippen molar-refractivity contribution in [3.8, 4) is 0 Å². The number of rotatable bonds is 4. The smallest absolute Gasteiger partial charge is 0.255 e. The Morgan fingerprint density at radius 2 is 1.88 bits per heavy atom.